The number of hydrogen-bond acceptors (Lipinski definition) is 4. The number of thioether (sulfide) groups is 1. The quantitative estimate of drug-likeness (QED) is 0.350. The standard InChI is InChI=1S/C15H11ClF5N3O2S/c1-2-23-12(26)10(11(25)14(17,18)15(19,20)21)24-8(6-27-13(23)24)7-3-4-9(16)22-5-7/h3-5,8H,2,6H2,1H3/p+1. The monoisotopic (exact) mass is 428 g/mol. The largest absolute Gasteiger partial charge is 0.475 e. The molecule has 1 unspecified atom stereocenters. The van der Waals surface area contributed by atoms with Gasteiger partial charge >= 0.3 is 23.1 Å². The number of alkyl halides is 5. The topological polar surface area (TPSA) is 59.0 Å². The Morgan fingerprint density at radius 1 is 1.41 bits per heavy atom. The molecule has 3 heterocycles. The van der Waals surface area contributed by atoms with E-state index in [-0.39, 0.29) is 22.6 Å². The Kier molecular flexibility index (Phi) is 4.87. The minimum Gasteiger partial charge on any atom is -0.475 e. The number of aromatic hydroxyl groups is 1. The van der Waals surface area contributed by atoms with Crippen LogP contribution in [0, 0.1) is 0 Å². The van der Waals surface area contributed by atoms with Gasteiger partial charge in [-0.25, -0.2) is 9.55 Å². The van der Waals surface area contributed by atoms with Gasteiger partial charge in [-0.3, -0.25) is 4.79 Å². The first-order chi connectivity index (χ1) is 12.5. The number of halogens is 6. The Morgan fingerprint density at radius 3 is 2.59 bits per heavy atom. The highest BCUT2D eigenvalue weighted by molar-refractivity contribution is 7.99. The maximum atomic E-state index is 13.7. The fraction of sp³-hybridized carbons (Fsp3) is 0.400. The van der Waals surface area contributed by atoms with Crippen molar-refractivity contribution in [2.24, 2.45) is 0 Å². The summed E-state index contributed by atoms with van der Waals surface area (Å²) in [5.74, 6) is -8.81. The molecule has 3 rings (SSSR count). The number of imidazole rings is 1. The number of carbonyl (C=O) groups is 1. The van der Waals surface area contributed by atoms with E-state index >= 15 is 0 Å². The van der Waals surface area contributed by atoms with Crippen LogP contribution in [0.5, 0.6) is 5.88 Å². The van der Waals surface area contributed by atoms with Crippen molar-refractivity contribution in [3.63, 3.8) is 0 Å². The van der Waals surface area contributed by atoms with Gasteiger partial charge in [-0.15, -0.1) is 0 Å². The van der Waals surface area contributed by atoms with E-state index in [1.807, 2.05) is 0 Å². The third-order valence-corrected chi connectivity index (χ3v) is 5.52. The molecule has 1 atom stereocenters. The van der Waals surface area contributed by atoms with Gasteiger partial charge in [0.05, 0.1) is 12.3 Å². The van der Waals surface area contributed by atoms with Gasteiger partial charge in [0.25, 0.3) is 11.5 Å². The number of rotatable bonds is 4. The van der Waals surface area contributed by atoms with Crippen LogP contribution in [0.15, 0.2) is 23.5 Å². The van der Waals surface area contributed by atoms with Gasteiger partial charge in [-0.1, -0.05) is 17.7 Å². The molecule has 2 aromatic heterocycles. The van der Waals surface area contributed by atoms with Gasteiger partial charge in [-0.05, 0) is 24.8 Å². The van der Waals surface area contributed by atoms with Gasteiger partial charge in [0.2, 0.25) is 0 Å². The lowest BCUT2D eigenvalue weighted by Gasteiger charge is -2.18. The molecule has 0 amide bonds. The van der Waals surface area contributed by atoms with Crippen molar-refractivity contribution < 1.29 is 36.4 Å². The van der Waals surface area contributed by atoms with Crippen LogP contribution < -0.4 is 4.57 Å². The fourth-order valence-corrected chi connectivity index (χ4v) is 4.31. The molecule has 0 spiro atoms. The highest BCUT2D eigenvalue weighted by atomic mass is 35.5. The molecule has 1 aliphatic rings. The van der Waals surface area contributed by atoms with Crippen molar-refractivity contribution in [2.45, 2.75) is 36.8 Å². The van der Waals surface area contributed by atoms with E-state index in [1.165, 1.54) is 18.3 Å². The van der Waals surface area contributed by atoms with Crippen LogP contribution in [0.3, 0.4) is 0 Å². The first kappa shape index (κ1) is 19.9. The Bertz CT molecular complexity index is 898. The van der Waals surface area contributed by atoms with E-state index in [2.05, 4.69) is 4.98 Å². The lowest BCUT2D eigenvalue weighted by Crippen LogP contribution is -2.45. The highest BCUT2D eigenvalue weighted by Gasteiger charge is 2.66. The molecular weight excluding hydrogens is 417 g/mol. The predicted octanol–water partition coefficient (Wildman–Crippen LogP) is 3.62. The maximum Gasteiger partial charge on any atom is 0.461 e. The fourth-order valence-electron chi connectivity index (χ4n) is 2.82. The van der Waals surface area contributed by atoms with Gasteiger partial charge < -0.3 is 5.11 Å². The molecular formula is C15H12ClF5N3O2S+. The number of carbonyl (C=O) groups excluding carboxylic acids is 1. The van der Waals surface area contributed by atoms with Crippen LogP contribution in [-0.4, -0.2) is 38.3 Å². The molecule has 2 aromatic rings. The van der Waals surface area contributed by atoms with Crippen molar-refractivity contribution in [3.05, 3.63) is 34.7 Å². The lowest BCUT2D eigenvalue weighted by molar-refractivity contribution is -0.734. The van der Waals surface area contributed by atoms with Crippen molar-refractivity contribution in [1.82, 2.24) is 9.55 Å². The summed E-state index contributed by atoms with van der Waals surface area (Å²) in [5, 5.41) is 10.6. The van der Waals surface area contributed by atoms with Gasteiger partial charge in [0, 0.05) is 11.8 Å². The smallest absolute Gasteiger partial charge is 0.461 e. The van der Waals surface area contributed by atoms with E-state index in [4.69, 9.17) is 11.6 Å². The number of fused-ring (bicyclic) bond motifs is 1. The minimum absolute atomic E-state index is 0.0740. The summed E-state index contributed by atoms with van der Waals surface area (Å²) in [7, 11) is 0. The molecule has 12 heteroatoms. The van der Waals surface area contributed by atoms with Crippen LogP contribution in [0.25, 0.3) is 0 Å². The van der Waals surface area contributed by atoms with E-state index in [0.717, 1.165) is 20.9 Å². The molecule has 1 N–H and O–H groups in total. The van der Waals surface area contributed by atoms with Crippen LogP contribution in [0.2, 0.25) is 5.15 Å². The molecule has 0 fully saturated rings. The first-order valence-electron chi connectivity index (χ1n) is 7.61. The van der Waals surface area contributed by atoms with Crippen LogP contribution >= 0.6 is 23.4 Å². The molecule has 0 bridgehead atoms. The second-order valence-electron chi connectivity index (χ2n) is 5.71. The Balaban J connectivity index is 2.19. The van der Waals surface area contributed by atoms with Gasteiger partial charge in [-0.2, -0.15) is 26.5 Å². The van der Waals surface area contributed by atoms with E-state index in [0.29, 0.717) is 5.56 Å². The predicted molar refractivity (Wildman–Crippen MR) is 85.4 cm³/mol. The molecule has 0 aromatic carbocycles. The number of Topliss-reactive ketones (excluding diaryl/α,β-unsaturated/α-hetero) is 1. The molecule has 0 radical (unpaired) electrons. The molecule has 1 aliphatic heterocycles. The van der Waals surface area contributed by atoms with Gasteiger partial charge in [0.15, 0.2) is 0 Å². The first-order valence-corrected chi connectivity index (χ1v) is 8.97. The Morgan fingerprint density at radius 2 is 2.07 bits per heavy atom. The lowest BCUT2D eigenvalue weighted by atomic mass is 10.1. The van der Waals surface area contributed by atoms with E-state index in [9.17, 15) is 31.9 Å². The summed E-state index contributed by atoms with van der Waals surface area (Å²) < 4.78 is 67.7. The molecule has 146 valence electrons. The number of aromatic nitrogens is 3. The highest BCUT2D eigenvalue weighted by Crippen LogP contribution is 2.44. The average Bonchev–Trinajstić information content (AvgIpc) is 3.11. The summed E-state index contributed by atoms with van der Waals surface area (Å²) in [5.41, 5.74) is -0.632. The number of ketones is 1. The summed E-state index contributed by atoms with van der Waals surface area (Å²) in [6, 6.07) is 2.19. The summed E-state index contributed by atoms with van der Waals surface area (Å²) in [6.07, 6.45) is -4.74. The molecule has 0 aliphatic carbocycles. The summed E-state index contributed by atoms with van der Waals surface area (Å²) >= 11 is 6.84. The molecule has 5 nitrogen and oxygen atoms in total. The number of pyridine rings is 1. The third kappa shape index (κ3) is 3.06. The van der Waals surface area contributed by atoms with E-state index < -0.39 is 35.5 Å². The van der Waals surface area contributed by atoms with Crippen molar-refractivity contribution in [2.75, 3.05) is 5.75 Å². The number of hydrogen-bond donors (Lipinski definition) is 1. The van der Waals surface area contributed by atoms with Crippen molar-refractivity contribution in [3.8, 4) is 5.88 Å². The molecule has 0 saturated heterocycles. The third-order valence-electron chi connectivity index (χ3n) is 4.13. The SMILES string of the molecule is CC[n+]1c(O)c(C(=O)C(F)(F)C(F)(F)F)n2c1SCC2c1ccc(Cl)nc1. The Hall–Kier alpha value is -1.88. The Labute approximate surface area is 158 Å². The van der Waals surface area contributed by atoms with Gasteiger partial charge in [0.1, 0.15) is 11.2 Å². The van der Waals surface area contributed by atoms with Crippen molar-refractivity contribution >= 4 is 29.1 Å². The minimum atomic E-state index is -6.08. The van der Waals surface area contributed by atoms with E-state index in [1.54, 1.807) is 6.92 Å². The summed E-state index contributed by atoms with van der Waals surface area (Å²) in [4.78, 5) is 16.0. The average molecular weight is 429 g/mol. The normalized spacial score (nSPS) is 17.2. The second kappa shape index (κ2) is 6.62. The second-order valence-corrected chi connectivity index (χ2v) is 7.09. The molecule has 27 heavy (non-hydrogen) atoms. The molecule has 0 saturated carbocycles. The van der Waals surface area contributed by atoms with Crippen LogP contribution in [0.4, 0.5) is 22.0 Å². The zero-order valence-corrected chi connectivity index (χ0v) is 15.2. The van der Waals surface area contributed by atoms with Crippen LogP contribution in [-0.2, 0) is 6.54 Å². The number of nitrogens with zero attached hydrogens (tertiary/aromatic N) is 3. The maximum absolute atomic E-state index is 13.7. The summed E-state index contributed by atoms with van der Waals surface area (Å²) in [6.45, 7) is 1.64. The van der Waals surface area contributed by atoms with Crippen molar-refractivity contribution in [1.29, 1.82) is 0 Å². The zero-order chi connectivity index (χ0) is 20.1. The zero-order valence-electron chi connectivity index (χ0n) is 13.6. The van der Waals surface area contributed by atoms with Crippen LogP contribution in [0.1, 0.15) is 29.0 Å².